The van der Waals surface area contributed by atoms with Crippen molar-refractivity contribution in [3.63, 3.8) is 0 Å². The summed E-state index contributed by atoms with van der Waals surface area (Å²) in [5, 5.41) is 9.89. The molecule has 2 aliphatic heterocycles. The Morgan fingerprint density at radius 3 is 1.67 bits per heavy atom. The highest BCUT2D eigenvalue weighted by molar-refractivity contribution is 6.01. The third kappa shape index (κ3) is 7.33. The SMILES string of the molecule is COc1ccc(COc2cc(C(=O)C3CC3)cc(-c3ccc4c(c3)OCO4)c2)cc1.O=C(c1cc(O)cc(-c2ccc3c(c2)OCO3)c1)C1CC1. The number of Topliss-reactive ketones (excluding diaryl/α,β-unsaturated/α-hetero) is 2. The first-order valence-corrected chi connectivity index (χ1v) is 17.0. The highest BCUT2D eigenvalue weighted by Crippen LogP contribution is 2.40. The molecule has 9 nitrogen and oxygen atoms in total. The second kappa shape index (κ2) is 13.7. The summed E-state index contributed by atoms with van der Waals surface area (Å²) in [7, 11) is 1.64. The number of ketones is 2. The molecule has 2 fully saturated rings. The van der Waals surface area contributed by atoms with Gasteiger partial charge in [-0.05, 0) is 126 Å². The van der Waals surface area contributed by atoms with Crippen molar-refractivity contribution in [3.8, 4) is 62.5 Å². The minimum atomic E-state index is 0.106. The van der Waals surface area contributed by atoms with Gasteiger partial charge < -0.3 is 33.5 Å². The second-order valence-electron chi connectivity index (χ2n) is 13.1. The van der Waals surface area contributed by atoms with Gasteiger partial charge in [-0.3, -0.25) is 9.59 Å². The summed E-state index contributed by atoms with van der Waals surface area (Å²) in [5.74, 6) is 5.02. The third-order valence-corrected chi connectivity index (χ3v) is 9.27. The largest absolute Gasteiger partial charge is 0.508 e. The van der Waals surface area contributed by atoms with Gasteiger partial charge in [0.05, 0.1) is 7.11 Å². The number of phenols is 1. The maximum Gasteiger partial charge on any atom is 0.231 e. The normalized spacial score (nSPS) is 15.1. The fourth-order valence-corrected chi connectivity index (χ4v) is 6.11. The maximum atomic E-state index is 12.8. The van der Waals surface area contributed by atoms with Gasteiger partial charge in [-0.15, -0.1) is 0 Å². The summed E-state index contributed by atoms with van der Waals surface area (Å²) in [6.45, 7) is 0.866. The first kappa shape index (κ1) is 32.3. The first-order valence-electron chi connectivity index (χ1n) is 17.0. The van der Waals surface area contributed by atoms with Crippen molar-refractivity contribution in [2.45, 2.75) is 32.3 Å². The van der Waals surface area contributed by atoms with E-state index in [9.17, 15) is 14.7 Å². The van der Waals surface area contributed by atoms with Crippen LogP contribution < -0.4 is 28.4 Å². The summed E-state index contributed by atoms with van der Waals surface area (Å²) < 4.78 is 32.8. The van der Waals surface area contributed by atoms with Crippen molar-refractivity contribution in [1.82, 2.24) is 0 Å². The Labute approximate surface area is 295 Å². The molecule has 9 rings (SSSR count). The molecule has 4 aliphatic rings. The smallest absolute Gasteiger partial charge is 0.231 e. The van der Waals surface area contributed by atoms with Gasteiger partial charge in [0.15, 0.2) is 34.6 Å². The molecular weight excluding hydrogens is 648 g/mol. The van der Waals surface area contributed by atoms with E-state index < -0.39 is 0 Å². The van der Waals surface area contributed by atoms with E-state index in [0.29, 0.717) is 40.7 Å². The molecule has 2 heterocycles. The van der Waals surface area contributed by atoms with Gasteiger partial charge in [-0.2, -0.15) is 0 Å². The van der Waals surface area contributed by atoms with Crippen LogP contribution in [0.25, 0.3) is 22.3 Å². The number of carbonyl (C=O) groups is 2. The van der Waals surface area contributed by atoms with E-state index in [-0.39, 0.29) is 42.7 Å². The summed E-state index contributed by atoms with van der Waals surface area (Å²) in [6.07, 6.45) is 3.84. The van der Waals surface area contributed by atoms with Gasteiger partial charge in [-0.1, -0.05) is 24.3 Å². The zero-order chi connectivity index (χ0) is 34.9. The Morgan fingerprint density at radius 1 is 0.588 bits per heavy atom. The van der Waals surface area contributed by atoms with Crippen LogP contribution in [-0.4, -0.2) is 37.4 Å². The molecule has 0 radical (unpaired) electrons. The number of rotatable bonds is 10. The topological polar surface area (TPSA) is 110 Å². The van der Waals surface area contributed by atoms with E-state index in [1.165, 1.54) is 6.07 Å². The molecule has 0 unspecified atom stereocenters. The van der Waals surface area contributed by atoms with Crippen LogP contribution in [0.1, 0.15) is 52.0 Å². The van der Waals surface area contributed by atoms with Gasteiger partial charge in [0.1, 0.15) is 23.9 Å². The van der Waals surface area contributed by atoms with E-state index in [1.807, 2.05) is 84.9 Å². The monoisotopic (exact) mass is 684 g/mol. The molecule has 258 valence electrons. The van der Waals surface area contributed by atoms with Crippen molar-refractivity contribution in [3.05, 3.63) is 114 Å². The number of phenolic OH excluding ortho intramolecular Hbond substituents is 1. The number of methoxy groups -OCH3 is 1. The van der Waals surface area contributed by atoms with E-state index >= 15 is 0 Å². The molecule has 0 amide bonds. The van der Waals surface area contributed by atoms with Crippen molar-refractivity contribution < 1.29 is 43.1 Å². The fourth-order valence-electron chi connectivity index (χ4n) is 6.11. The van der Waals surface area contributed by atoms with Crippen LogP contribution in [-0.2, 0) is 6.61 Å². The van der Waals surface area contributed by atoms with Crippen LogP contribution in [0.2, 0.25) is 0 Å². The zero-order valence-electron chi connectivity index (χ0n) is 28.1. The molecule has 0 bridgehead atoms. The van der Waals surface area contributed by atoms with E-state index in [1.54, 1.807) is 13.2 Å². The van der Waals surface area contributed by atoms with Gasteiger partial charge >= 0.3 is 0 Å². The van der Waals surface area contributed by atoms with Crippen LogP contribution in [0, 0.1) is 11.8 Å². The summed E-state index contributed by atoms with van der Waals surface area (Å²) in [5.41, 5.74) is 5.86. The molecule has 9 heteroatoms. The first-order chi connectivity index (χ1) is 24.9. The fraction of sp³-hybridized carbons (Fsp3) is 0.238. The summed E-state index contributed by atoms with van der Waals surface area (Å²) in [6, 6.07) is 29.9. The molecule has 2 saturated carbocycles. The summed E-state index contributed by atoms with van der Waals surface area (Å²) >= 11 is 0. The van der Waals surface area contributed by atoms with Gasteiger partial charge in [-0.25, -0.2) is 0 Å². The highest BCUT2D eigenvalue weighted by Gasteiger charge is 2.32. The number of benzene rings is 5. The van der Waals surface area contributed by atoms with E-state index in [2.05, 4.69) is 0 Å². The number of hydrogen-bond donors (Lipinski definition) is 1. The average Bonchev–Trinajstić information content (AvgIpc) is 4.10. The zero-order valence-corrected chi connectivity index (χ0v) is 28.1. The Balaban J connectivity index is 0.000000156. The quantitative estimate of drug-likeness (QED) is 0.145. The van der Waals surface area contributed by atoms with Crippen LogP contribution in [0.3, 0.4) is 0 Å². The lowest BCUT2D eigenvalue weighted by molar-refractivity contribution is 0.0959. The summed E-state index contributed by atoms with van der Waals surface area (Å²) in [4.78, 5) is 24.9. The third-order valence-electron chi connectivity index (χ3n) is 9.27. The number of aromatic hydroxyl groups is 1. The van der Waals surface area contributed by atoms with Gasteiger partial charge in [0.2, 0.25) is 13.6 Å². The number of hydrogen-bond acceptors (Lipinski definition) is 9. The molecule has 5 aromatic carbocycles. The predicted molar refractivity (Wildman–Crippen MR) is 189 cm³/mol. The lowest BCUT2D eigenvalue weighted by Crippen LogP contribution is -2.03. The molecule has 0 spiro atoms. The molecule has 1 N–H and O–H groups in total. The molecule has 51 heavy (non-hydrogen) atoms. The Bertz CT molecular complexity index is 2110. The van der Waals surface area contributed by atoms with Crippen LogP contribution in [0.15, 0.2) is 97.1 Å². The molecular formula is C42H36O9. The average molecular weight is 685 g/mol. The van der Waals surface area contributed by atoms with Crippen molar-refractivity contribution in [2.24, 2.45) is 11.8 Å². The Morgan fingerprint density at radius 2 is 1.12 bits per heavy atom. The Hall–Kier alpha value is -5.96. The van der Waals surface area contributed by atoms with Gasteiger partial charge in [0, 0.05) is 23.0 Å². The molecule has 0 aromatic heterocycles. The maximum absolute atomic E-state index is 12.8. The molecule has 0 saturated heterocycles. The predicted octanol–water partition coefficient (Wildman–Crippen LogP) is 8.64. The van der Waals surface area contributed by atoms with Crippen molar-refractivity contribution in [1.29, 1.82) is 0 Å². The molecule has 2 aliphatic carbocycles. The minimum absolute atomic E-state index is 0.106. The van der Waals surface area contributed by atoms with Crippen molar-refractivity contribution >= 4 is 11.6 Å². The lowest BCUT2D eigenvalue weighted by Gasteiger charge is -2.12. The molecule has 5 aromatic rings. The van der Waals surface area contributed by atoms with Crippen LogP contribution in [0.4, 0.5) is 0 Å². The number of carbonyl (C=O) groups excluding carboxylic acids is 2. The highest BCUT2D eigenvalue weighted by atomic mass is 16.7. The standard InChI is InChI=1S/C25H22O5.C17H14O4/c1-27-21-7-2-16(3-8-21)14-28-22-11-19(10-20(12-22)25(26)17-4-5-17)18-6-9-23-24(13-18)30-15-29-23;18-14-6-12(5-13(7-14)17(19)10-1-2-10)11-3-4-15-16(8-11)21-9-20-15/h2-3,6-13,17H,4-5,14-15H2,1H3;3-8,10,18H,1-2,9H2. The minimum Gasteiger partial charge on any atom is -0.508 e. The van der Waals surface area contributed by atoms with E-state index in [0.717, 1.165) is 65.0 Å². The Kier molecular flexibility index (Phi) is 8.69. The second-order valence-corrected chi connectivity index (χ2v) is 13.1. The van der Waals surface area contributed by atoms with Gasteiger partial charge in [0.25, 0.3) is 0 Å². The van der Waals surface area contributed by atoms with E-state index in [4.69, 9.17) is 28.4 Å². The van der Waals surface area contributed by atoms with Crippen molar-refractivity contribution in [2.75, 3.05) is 20.7 Å². The molecule has 0 atom stereocenters. The van der Waals surface area contributed by atoms with Crippen LogP contribution >= 0.6 is 0 Å². The lowest BCUT2D eigenvalue weighted by atomic mass is 9.99. The number of fused-ring (bicyclic) bond motifs is 2. The van der Waals surface area contributed by atoms with Crippen LogP contribution in [0.5, 0.6) is 40.2 Å². The number of ether oxygens (including phenoxy) is 6.